The first-order valence-electron chi connectivity index (χ1n) is 8.19. The fourth-order valence-electron chi connectivity index (χ4n) is 2.46. The van der Waals surface area contributed by atoms with E-state index in [1.807, 2.05) is 13.8 Å². The van der Waals surface area contributed by atoms with Gasteiger partial charge in [-0.05, 0) is 5.92 Å². The van der Waals surface area contributed by atoms with Gasteiger partial charge in [0.1, 0.15) is 0 Å². The molecule has 0 spiro atoms. The highest BCUT2D eigenvalue weighted by Crippen LogP contribution is 2.06. The number of piperazine rings is 1. The van der Waals surface area contributed by atoms with Crippen molar-refractivity contribution >= 4 is 11.8 Å². The second-order valence-corrected chi connectivity index (χ2v) is 6.37. The minimum Gasteiger partial charge on any atom is -0.346 e. The molecular formula is C15H26N6O3. The van der Waals surface area contributed by atoms with Crippen LogP contribution in [0.4, 0.5) is 0 Å². The topological polar surface area (TPSA) is 118 Å². The molecule has 0 radical (unpaired) electrons. The van der Waals surface area contributed by atoms with Crippen LogP contribution >= 0.6 is 0 Å². The van der Waals surface area contributed by atoms with Gasteiger partial charge in [0, 0.05) is 33.1 Å². The number of nitrogens with two attached hydrogens (primary N) is 1. The molecule has 2 heterocycles. The maximum Gasteiger partial charge on any atom is 0.242 e. The number of hydrogen-bond donors (Lipinski definition) is 2. The summed E-state index contributed by atoms with van der Waals surface area (Å²) in [5.74, 6) is 0.868. The van der Waals surface area contributed by atoms with E-state index in [1.165, 1.54) is 0 Å². The Kier molecular flexibility index (Phi) is 6.27. The van der Waals surface area contributed by atoms with Gasteiger partial charge in [0.2, 0.25) is 17.7 Å². The van der Waals surface area contributed by atoms with Crippen LogP contribution in [-0.2, 0) is 16.1 Å². The summed E-state index contributed by atoms with van der Waals surface area (Å²) in [6, 6.07) is -0.590. The van der Waals surface area contributed by atoms with Gasteiger partial charge in [-0.25, -0.2) is 0 Å². The van der Waals surface area contributed by atoms with Gasteiger partial charge in [0.05, 0.1) is 19.1 Å². The Bertz CT molecular complexity index is 565. The first-order chi connectivity index (χ1) is 11.4. The van der Waals surface area contributed by atoms with Gasteiger partial charge in [0.25, 0.3) is 0 Å². The molecule has 9 heteroatoms. The minimum absolute atomic E-state index is 0.0106. The molecule has 3 N–H and O–H groups in total. The van der Waals surface area contributed by atoms with Gasteiger partial charge in [-0.15, -0.1) is 0 Å². The average Bonchev–Trinajstić information content (AvgIpc) is 2.97. The van der Waals surface area contributed by atoms with E-state index in [0.29, 0.717) is 31.3 Å². The zero-order valence-electron chi connectivity index (χ0n) is 14.5. The summed E-state index contributed by atoms with van der Waals surface area (Å²) in [6.45, 7) is 8.79. The Morgan fingerprint density at radius 3 is 2.50 bits per heavy atom. The van der Waals surface area contributed by atoms with Crippen molar-refractivity contribution in [2.24, 2.45) is 11.7 Å². The number of nitrogens with one attached hydrogen (secondary N) is 1. The molecule has 1 aromatic rings. The van der Waals surface area contributed by atoms with Crippen molar-refractivity contribution in [3.8, 4) is 0 Å². The van der Waals surface area contributed by atoms with Crippen LogP contribution in [0.5, 0.6) is 0 Å². The van der Waals surface area contributed by atoms with Crippen LogP contribution in [0.3, 0.4) is 0 Å². The predicted octanol–water partition coefficient (Wildman–Crippen LogP) is -0.878. The number of hydrogen-bond acceptors (Lipinski definition) is 7. The lowest BCUT2D eigenvalue weighted by Crippen LogP contribution is -2.52. The molecule has 1 atom stereocenters. The van der Waals surface area contributed by atoms with E-state index in [1.54, 1.807) is 11.8 Å². The molecule has 1 aliphatic heterocycles. The van der Waals surface area contributed by atoms with Crippen LogP contribution in [0, 0.1) is 12.8 Å². The molecular weight excluding hydrogens is 312 g/mol. The Morgan fingerprint density at radius 2 is 1.96 bits per heavy atom. The Hall–Kier alpha value is -2.00. The third-order valence-corrected chi connectivity index (χ3v) is 4.09. The summed E-state index contributed by atoms with van der Waals surface area (Å²) in [5.41, 5.74) is 5.75. The molecule has 0 unspecified atom stereocenters. The smallest absolute Gasteiger partial charge is 0.242 e. The third kappa shape index (κ3) is 5.00. The lowest BCUT2D eigenvalue weighted by Gasteiger charge is -2.34. The molecule has 0 aromatic carbocycles. The van der Waals surface area contributed by atoms with E-state index in [-0.39, 0.29) is 24.3 Å². The number of aryl methyl sites for hydroxylation is 1. The number of carbonyl (C=O) groups excluding carboxylic acids is 2. The molecule has 24 heavy (non-hydrogen) atoms. The quantitative estimate of drug-likeness (QED) is 0.691. The van der Waals surface area contributed by atoms with Gasteiger partial charge in [-0.3, -0.25) is 14.5 Å². The van der Waals surface area contributed by atoms with Crippen molar-refractivity contribution in [3.63, 3.8) is 0 Å². The van der Waals surface area contributed by atoms with Crippen LogP contribution < -0.4 is 11.1 Å². The van der Waals surface area contributed by atoms with Gasteiger partial charge >= 0.3 is 0 Å². The van der Waals surface area contributed by atoms with Crippen molar-refractivity contribution in [3.05, 3.63) is 11.7 Å². The molecule has 0 aliphatic carbocycles. The summed E-state index contributed by atoms with van der Waals surface area (Å²) >= 11 is 0. The summed E-state index contributed by atoms with van der Waals surface area (Å²) in [5, 5.41) is 6.49. The highest BCUT2D eigenvalue weighted by atomic mass is 16.5. The lowest BCUT2D eigenvalue weighted by atomic mass is 10.1. The fourth-order valence-corrected chi connectivity index (χ4v) is 2.46. The predicted molar refractivity (Wildman–Crippen MR) is 86.7 cm³/mol. The van der Waals surface area contributed by atoms with Crippen LogP contribution in [0.2, 0.25) is 0 Å². The van der Waals surface area contributed by atoms with Gasteiger partial charge in [-0.2, -0.15) is 4.98 Å². The van der Waals surface area contributed by atoms with Crippen LogP contribution in [0.25, 0.3) is 0 Å². The maximum absolute atomic E-state index is 12.2. The second kappa shape index (κ2) is 8.20. The zero-order valence-corrected chi connectivity index (χ0v) is 14.5. The van der Waals surface area contributed by atoms with Gasteiger partial charge < -0.3 is 20.5 Å². The molecule has 2 amide bonds. The number of nitrogens with zero attached hydrogens (tertiary/aromatic N) is 4. The summed E-state index contributed by atoms with van der Waals surface area (Å²) in [6.07, 6.45) is 0. The van der Waals surface area contributed by atoms with E-state index >= 15 is 0 Å². The van der Waals surface area contributed by atoms with Gasteiger partial charge in [0.15, 0.2) is 5.82 Å². The van der Waals surface area contributed by atoms with Crippen LogP contribution in [0.15, 0.2) is 4.52 Å². The lowest BCUT2D eigenvalue weighted by molar-refractivity contribution is -0.134. The molecule has 1 aromatic heterocycles. The van der Waals surface area contributed by atoms with Crippen LogP contribution in [-0.4, -0.2) is 70.5 Å². The van der Waals surface area contributed by atoms with E-state index in [0.717, 1.165) is 13.1 Å². The first kappa shape index (κ1) is 18.3. The van der Waals surface area contributed by atoms with Crippen LogP contribution in [0.1, 0.15) is 25.6 Å². The van der Waals surface area contributed by atoms with Crippen molar-refractivity contribution in [2.75, 3.05) is 32.7 Å². The number of aromatic nitrogens is 2. The summed E-state index contributed by atoms with van der Waals surface area (Å²) in [4.78, 5) is 32.1. The number of carbonyl (C=O) groups is 2. The summed E-state index contributed by atoms with van der Waals surface area (Å²) < 4.78 is 4.95. The van der Waals surface area contributed by atoms with Gasteiger partial charge in [-0.1, -0.05) is 19.0 Å². The average molecular weight is 338 g/mol. The molecule has 1 aliphatic rings. The minimum atomic E-state index is -0.590. The van der Waals surface area contributed by atoms with Crippen molar-refractivity contribution in [1.29, 1.82) is 0 Å². The Balaban J connectivity index is 1.71. The van der Waals surface area contributed by atoms with Crippen molar-refractivity contribution in [2.45, 2.75) is 33.4 Å². The Labute approximate surface area is 141 Å². The largest absolute Gasteiger partial charge is 0.346 e. The zero-order chi connectivity index (χ0) is 17.7. The van der Waals surface area contributed by atoms with E-state index in [2.05, 4.69) is 20.4 Å². The summed E-state index contributed by atoms with van der Waals surface area (Å²) in [7, 11) is 0. The highest BCUT2D eigenvalue weighted by Gasteiger charge is 2.23. The normalized spacial score (nSPS) is 17.1. The molecule has 1 fully saturated rings. The van der Waals surface area contributed by atoms with E-state index in [9.17, 15) is 9.59 Å². The molecule has 0 bridgehead atoms. The SMILES string of the molecule is Cc1nc(CN2CCN(C(=O)CNC(=O)[C@@H](N)C(C)C)CC2)no1. The highest BCUT2D eigenvalue weighted by molar-refractivity contribution is 5.87. The number of rotatable bonds is 6. The van der Waals surface area contributed by atoms with E-state index < -0.39 is 6.04 Å². The molecule has 9 nitrogen and oxygen atoms in total. The molecule has 0 saturated carbocycles. The Morgan fingerprint density at radius 1 is 1.29 bits per heavy atom. The van der Waals surface area contributed by atoms with Crippen molar-refractivity contribution in [1.82, 2.24) is 25.3 Å². The monoisotopic (exact) mass is 338 g/mol. The first-order valence-corrected chi connectivity index (χ1v) is 8.19. The standard InChI is InChI=1S/C15H26N6O3/c1-10(2)14(16)15(23)17-8-13(22)21-6-4-20(5-7-21)9-12-18-11(3)24-19-12/h10,14H,4-9,16H2,1-3H3,(H,17,23)/t14-/m0/s1. The molecule has 2 rings (SSSR count). The van der Waals surface area contributed by atoms with Crippen molar-refractivity contribution < 1.29 is 14.1 Å². The maximum atomic E-state index is 12.2. The molecule has 1 saturated heterocycles. The third-order valence-electron chi connectivity index (χ3n) is 4.09. The fraction of sp³-hybridized carbons (Fsp3) is 0.733. The second-order valence-electron chi connectivity index (χ2n) is 6.37. The molecule has 134 valence electrons. The number of amides is 2. The van der Waals surface area contributed by atoms with E-state index in [4.69, 9.17) is 10.3 Å².